The van der Waals surface area contributed by atoms with Crippen LogP contribution in [0.5, 0.6) is 0 Å². The Morgan fingerprint density at radius 2 is 1.95 bits per heavy atom. The summed E-state index contributed by atoms with van der Waals surface area (Å²) in [7, 11) is 0. The normalized spacial score (nSPS) is 42.4. The van der Waals surface area contributed by atoms with Crippen LogP contribution < -0.4 is 5.32 Å². The molecule has 0 aromatic carbocycles. The molecule has 2 heteroatoms. The predicted molar refractivity (Wildman–Crippen MR) is 90.5 cm³/mol. The number of hydrogen-bond donors (Lipinski definition) is 1. The van der Waals surface area contributed by atoms with Gasteiger partial charge in [0.25, 0.3) is 0 Å². The van der Waals surface area contributed by atoms with Gasteiger partial charge >= 0.3 is 0 Å². The first-order valence-electron chi connectivity index (χ1n) is 9.47. The topological polar surface area (TPSA) is 15.3 Å². The van der Waals surface area contributed by atoms with Gasteiger partial charge in [-0.25, -0.2) is 0 Å². The van der Waals surface area contributed by atoms with Gasteiger partial charge in [0.1, 0.15) is 0 Å². The summed E-state index contributed by atoms with van der Waals surface area (Å²) in [5, 5.41) is 3.92. The SMILES string of the molecule is CC1CCCC(CN2CC(C)(C3CC3)NCC2C(C)C)C1. The van der Waals surface area contributed by atoms with Crippen molar-refractivity contribution in [2.45, 2.75) is 77.8 Å². The van der Waals surface area contributed by atoms with Crippen LogP contribution in [-0.4, -0.2) is 36.1 Å². The summed E-state index contributed by atoms with van der Waals surface area (Å²) in [6.07, 6.45) is 8.76. The highest BCUT2D eigenvalue weighted by atomic mass is 15.3. The first-order valence-corrected chi connectivity index (χ1v) is 9.47. The van der Waals surface area contributed by atoms with Gasteiger partial charge in [0.15, 0.2) is 0 Å². The molecule has 4 unspecified atom stereocenters. The van der Waals surface area contributed by atoms with E-state index >= 15 is 0 Å². The molecule has 1 aliphatic heterocycles. The molecule has 2 nitrogen and oxygen atoms in total. The zero-order valence-electron chi connectivity index (χ0n) is 14.7. The summed E-state index contributed by atoms with van der Waals surface area (Å²) in [5.74, 6) is 3.62. The van der Waals surface area contributed by atoms with Crippen molar-refractivity contribution < 1.29 is 0 Å². The van der Waals surface area contributed by atoms with E-state index < -0.39 is 0 Å². The smallest absolute Gasteiger partial charge is 0.0309 e. The molecule has 1 saturated heterocycles. The van der Waals surface area contributed by atoms with E-state index in [0.29, 0.717) is 5.54 Å². The van der Waals surface area contributed by atoms with Crippen molar-refractivity contribution in [3.63, 3.8) is 0 Å². The van der Waals surface area contributed by atoms with Crippen LogP contribution >= 0.6 is 0 Å². The Hall–Kier alpha value is -0.0800. The molecule has 0 spiro atoms. The second-order valence-electron chi connectivity index (χ2n) is 8.95. The maximum atomic E-state index is 3.92. The molecular weight excluding hydrogens is 256 g/mol. The maximum absolute atomic E-state index is 3.92. The standard InChI is InChI=1S/C19H36N2/c1-14(2)18-11-20-19(4,17-8-9-17)13-21(18)12-16-7-5-6-15(3)10-16/h14-18,20H,5-13H2,1-4H3. The van der Waals surface area contributed by atoms with E-state index in [1.54, 1.807) is 0 Å². The van der Waals surface area contributed by atoms with E-state index in [2.05, 4.69) is 37.9 Å². The van der Waals surface area contributed by atoms with Crippen molar-refractivity contribution in [1.82, 2.24) is 10.2 Å². The lowest BCUT2D eigenvalue weighted by Crippen LogP contribution is -2.65. The van der Waals surface area contributed by atoms with Gasteiger partial charge in [-0.2, -0.15) is 0 Å². The van der Waals surface area contributed by atoms with Crippen molar-refractivity contribution in [3.05, 3.63) is 0 Å². The van der Waals surface area contributed by atoms with Crippen molar-refractivity contribution in [2.75, 3.05) is 19.6 Å². The summed E-state index contributed by atoms with van der Waals surface area (Å²) < 4.78 is 0. The molecule has 4 atom stereocenters. The molecule has 0 radical (unpaired) electrons. The van der Waals surface area contributed by atoms with Gasteiger partial charge in [0.2, 0.25) is 0 Å². The Kier molecular flexibility index (Phi) is 4.66. The van der Waals surface area contributed by atoms with E-state index in [9.17, 15) is 0 Å². The van der Waals surface area contributed by atoms with E-state index in [1.165, 1.54) is 58.2 Å². The molecule has 0 aromatic heterocycles. The molecule has 3 aliphatic rings. The average Bonchev–Trinajstić information content (AvgIpc) is 3.23. The van der Waals surface area contributed by atoms with Crippen LogP contribution in [0.1, 0.15) is 66.2 Å². The molecule has 3 fully saturated rings. The van der Waals surface area contributed by atoms with Crippen LogP contribution in [0, 0.1) is 23.7 Å². The van der Waals surface area contributed by atoms with Crippen LogP contribution in [0.25, 0.3) is 0 Å². The largest absolute Gasteiger partial charge is 0.308 e. The van der Waals surface area contributed by atoms with Crippen LogP contribution in [0.3, 0.4) is 0 Å². The Bertz CT molecular complexity index is 349. The Labute approximate surface area is 132 Å². The summed E-state index contributed by atoms with van der Waals surface area (Å²) in [4.78, 5) is 2.88. The third kappa shape index (κ3) is 3.64. The van der Waals surface area contributed by atoms with Crippen LogP contribution in [-0.2, 0) is 0 Å². The Balaban J connectivity index is 1.65. The molecule has 1 heterocycles. The minimum Gasteiger partial charge on any atom is -0.308 e. The summed E-state index contributed by atoms with van der Waals surface area (Å²) in [5.41, 5.74) is 0.395. The number of nitrogens with one attached hydrogen (secondary N) is 1. The molecule has 122 valence electrons. The van der Waals surface area contributed by atoms with E-state index in [4.69, 9.17) is 0 Å². The number of piperazine rings is 1. The van der Waals surface area contributed by atoms with Gasteiger partial charge in [-0.05, 0) is 56.3 Å². The van der Waals surface area contributed by atoms with Crippen molar-refractivity contribution in [1.29, 1.82) is 0 Å². The lowest BCUT2D eigenvalue weighted by Gasteiger charge is -2.49. The van der Waals surface area contributed by atoms with Crippen LogP contribution in [0.2, 0.25) is 0 Å². The number of hydrogen-bond acceptors (Lipinski definition) is 2. The molecular formula is C19H36N2. The lowest BCUT2D eigenvalue weighted by molar-refractivity contribution is 0.0322. The van der Waals surface area contributed by atoms with Gasteiger partial charge in [-0.3, -0.25) is 4.90 Å². The van der Waals surface area contributed by atoms with Gasteiger partial charge < -0.3 is 5.32 Å². The van der Waals surface area contributed by atoms with E-state index in [0.717, 1.165) is 29.7 Å². The van der Waals surface area contributed by atoms with E-state index in [1.807, 2.05) is 0 Å². The highest BCUT2D eigenvalue weighted by molar-refractivity contribution is 5.04. The summed E-state index contributed by atoms with van der Waals surface area (Å²) >= 11 is 0. The van der Waals surface area contributed by atoms with E-state index in [-0.39, 0.29) is 0 Å². The quantitative estimate of drug-likeness (QED) is 0.845. The second-order valence-corrected chi connectivity index (χ2v) is 8.95. The van der Waals surface area contributed by atoms with Gasteiger partial charge in [-0.15, -0.1) is 0 Å². The molecule has 21 heavy (non-hydrogen) atoms. The third-order valence-corrected chi connectivity index (χ3v) is 6.50. The van der Waals surface area contributed by atoms with Gasteiger partial charge in [0, 0.05) is 31.2 Å². The van der Waals surface area contributed by atoms with Crippen molar-refractivity contribution in [3.8, 4) is 0 Å². The minimum atomic E-state index is 0.395. The molecule has 3 rings (SSSR count). The first-order chi connectivity index (χ1) is 9.98. The fourth-order valence-corrected chi connectivity index (χ4v) is 4.97. The van der Waals surface area contributed by atoms with Gasteiger partial charge in [0.05, 0.1) is 0 Å². The fourth-order valence-electron chi connectivity index (χ4n) is 4.97. The molecule has 2 saturated carbocycles. The number of rotatable bonds is 4. The first kappa shape index (κ1) is 15.8. The fraction of sp³-hybridized carbons (Fsp3) is 1.00. The monoisotopic (exact) mass is 292 g/mol. The molecule has 0 aromatic rings. The lowest BCUT2D eigenvalue weighted by atomic mass is 9.80. The van der Waals surface area contributed by atoms with Crippen molar-refractivity contribution >= 4 is 0 Å². The Morgan fingerprint density at radius 3 is 2.57 bits per heavy atom. The zero-order valence-corrected chi connectivity index (χ0v) is 14.7. The van der Waals surface area contributed by atoms with Crippen LogP contribution in [0.15, 0.2) is 0 Å². The molecule has 0 amide bonds. The Morgan fingerprint density at radius 1 is 1.19 bits per heavy atom. The molecule has 1 N–H and O–H groups in total. The molecule has 2 aliphatic carbocycles. The zero-order chi connectivity index (χ0) is 15.0. The molecule has 0 bridgehead atoms. The van der Waals surface area contributed by atoms with Crippen LogP contribution in [0.4, 0.5) is 0 Å². The highest BCUT2D eigenvalue weighted by Crippen LogP contribution is 2.42. The second kappa shape index (κ2) is 6.20. The van der Waals surface area contributed by atoms with Gasteiger partial charge in [-0.1, -0.05) is 33.6 Å². The summed E-state index contributed by atoms with van der Waals surface area (Å²) in [6, 6.07) is 0.744. The highest BCUT2D eigenvalue weighted by Gasteiger charge is 2.46. The average molecular weight is 293 g/mol. The minimum absolute atomic E-state index is 0.395. The van der Waals surface area contributed by atoms with Crippen molar-refractivity contribution in [2.24, 2.45) is 23.7 Å². The maximum Gasteiger partial charge on any atom is 0.0309 e. The predicted octanol–water partition coefficient (Wildman–Crippen LogP) is 3.91. The summed E-state index contributed by atoms with van der Waals surface area (Å²) in [6.45, 7) is 13.6. The number of nitrogens with zero attached hydrogens (tertiary/aromatic N) is 1. The third-order valence-electron chi connectivity index (χ3n) is 6.50.